The Morgan fingerprint density at radius 2 is 1.84 bits per heavy atom. The van der Waals surface area contributed by atoms with Gasteiger partial charge < -0.3 is 14.6 Å². The fraction of sp³-hybridized carbons (Fsp3) is 0.500. The van der Waals surface area contributed by atoms with E-state index < -0.39 is 0 Å². The number of hydrogen-bond donors (Lipinski definition) is 1. The first kappa shape index (κ1) is 20.1. The predicted octanol–water partition coefficient (Wildman–Crippen LogP) is 4.52. The highest BCUT2D eigenvalue weighted by atomic mass is 32.1. The van der Waals surface area contributed by atoms with Crippen LogP contribution in [0.15, 0.2) is 24.7 Å². The summed E-state index contributed by atoms with van der Waals surface area (Å²) in [4.78, 5) is 22.3. The number of anilines is 1. The molecule has 32 heavy (non-hydrogen) atoms. The Morgan fingerprint density at radius 1 is 1.09 bits per heavy atom. The van der Waals surface area contributed by atoms with Crippen LogP contribution in [0.2, 0.25) is 0 Å². The number of nitrogens with zero attached hydrogens (tertiary/aromatic N) is 6. The second-order valence-corrected chi connectivity index (χ2v) is 11.2. The molecule has 166 valence electrons. The van der Waals surface area contributed by atoms with Crippen molar-refractivity contribution in [3.05, 3.63) is 36.0 Å². The summed E-state index contributed by atoms with van der Waals surface area (Å²) in [5, 5.41) is 4.91. The standard InChI is InChI=1S/C24H29N7S/c1-14-12-31-13-16(8-19(31)15(2)26-14)20-25-11-18-21(28-20)32-22(27-18)30(5)17-9-23(3)6-7-24(4,10-17)29-23/h8,11-13,17,29H,6-7,9-10H2,1-5H3/t17?,23-,24+. The minimum Gasteiger partial charge on any atom is -0.348 e. The highest BCUT2D eigenvalue weighted by Gasteiger charge is 2.49. The highest BCUT2D eigenvalue weighted by molar-refractivity contribution is 7.21. The zero-order chi connectivity index (χ0) is 22.3. The van der Waals surface area contributed by atoms with Gasteiger partial charge in [0.15, 0.2) is 11.0 Å². The van der Waals surface area contributed by atoms with Crippen LogP contribution < -0.4 is 10.2 Å². The van der Waals surface area contributed by atoms with Crippen LogP contribution in [0.25, 0.3) is 27.3 Å². The molecule has 0 amide bonds. The molecule has 0 aliphatic carbocycles. The van der Waals surface area contributed by atoms with E-state index in [4.69, 9.17) is 9.97 Å². The number of hydrogen-bond acceptors (Lipinski definition) is 7. The summed E-state index contributed by atoms with van der Waals surface area (Å²) >= 11 is 1.67. The molecule has 1 N–H and O–H groups in total. The number of rotatable bonds is 3. The molecule has 2 bridgehead atoms. The molecule has 0 saturated carbocycles. The van der Waals surface area contributed by atoms with Crippen molar-refractivity contribution in [1.82, 2.24) is 29.7 Å². The Balaban J connectivity index is 1.33. The fourth-order valence-corrected chi connectivity index (χ4v) is 6.76. The van der Waals surface area contributed by atoms with Crippen LogP contribution in [-0.2, 0) is 0 Å². The average molecular weight is 448 g/mol. The zero-order valence-corrected chi connectivity index (χ0v) is 20.1. The molecule has 0 aromatic carbocycles. The fourth-order valence-electron chi connectivity index (χ4n) is 5.82. The maximum atomic E-state index is 4.89. The van der Waals surface area contributed by atoms with E-state index in [9.17, 15) is 0 Å². The number of thiazole rings is 1. The lowest BCUT2D eigenvalue weighted by Gasteiger charge is -2.45. The third-order valence-corrected chi connectivity index (χ3v) is 8.40. The molecule has 2 aliphatic heterocycles. The van der Waals surface area contributed by atoms with Crippen molar-refractivity contribution in [2.24, 2.45) is 0 Å². The molecule has 6 rings (SSSR count). The molecule has 4 aromatic rings. The van der Waals surface area contributed by atoms with Gasteiger partial charge in [0, 0.05) is 42.1 Å². The third-order valence-electron chi connectivity index (χ3n) is 7.34. The summed E-state index contributed by atoms with van der Waals surface area (Å²) in [7, 11) is 2.19. The Hall–Kier alpha value is -2.58. The van der Waals surface area contributed by atoms with Crippen molar-refractivity contribution in [1.29, 1.82) is 0 Å². The van der Waals surface area contributed by atoms with Crippen molar-refractivity contribution in [3.8, 4) is 11.4 Å². The van der Waals surface area contributed by atoms with Gasteiger partial charge in [0.05, 0.1) is 23.1 Å². The number of aryl methyl sites for hydroxylation is 2. The zero-order valence-electron chi connectivity index (χ0n) is 19.3. The molecule has 6 heterocycles. The van der Waals surface area contributed by atoms with Crippen LogP contribution in [0.5, 0.6) is 0 Å². The first-order valence-corrected chi connectivity index (χ1v) is 12.1. The molecule has 2 saturated heterocycles. The number of piperidine rings is 1. The van der Waals surface area contributed by atoms with E-state index in [1.807, 2.05) is 26.2 Å². The van der Waals surface area contributed by atoms with Crippen molar-refractivity contribution in [2.45, 2.75) is 70.5 Å². The topological polar surface area (TPSA) is 71.2 Å². The van der Waals surface area contributed by atoms with E-state index in [2.05, 4.69) is 57.7 Å². The van der Waals surface area contributed by atoms with Crippen LogP contribution >= 0.6 is 11.3 Å². The molecular weight excluding hydrogens is 418 g/mol. The Bertz CT molecular complexity index is 1340. The van der Waals surface area contributed by atoms with E-state index in [1.54, 1.807) is 11.3 Å². The lowest BCUT2D eigenvalue weighted by Crippen LogP contribution is -2.58. The largest absolute Gasteiger partial charge is 0.348 e. The number of fused-ring (bicyclic) bond motifs is 4. The van der Waals surface area contributed by atoms with Crippen LogP contribution in [0.4, 0.5) is 5.13 Å². The van der Waals surface area contributed by atoms with E-state index >= 15 is 0 Å². The van der Waals surface area contributed by atoms with Gasteiger partial charge in [-0.2, -0.15) is 0 Å². The van der Waals surface area contributed by atoms with E-state index in [1.165, 1.54) is 12.8 Å². The van der Waals surface area contributed by atoms with Crippen molar-refractivity contribution in [3.63, 3.8) is 0 Å². The Morgan fingerprint density at radius 3 is 2.59 bits per heavy atom. The van der Waals surface area contributed by atoms with Gasteiger partial charge in [-0.15, -0.1) is 0 Å². The maximum Gasteiger partial charge on any atom is 0.187 e. The van der Waals surface area contributed by atoms with Crippen LogP contribution in [-0.4, -0.2) is 48.5 Å². The second-order valence-electron chi connectivity index (χ2n) is 10.3. The monoisotopic (exact) mass is 447 g/mol. The lowest BCUT2D eigenvalue weighted by molar-refractivity contribution is 0.208. The van der Waals surface area contributed by atoms with Crippen LogP contribution in [0.1, 0.15) is 50.9 Å². The van der Waals surface area contributed by atoms with Crippen molar-refractivity contribution < 1.29 is 0 Å². The minimum atomic E-state index is 0.235. The molecule has 0 radical (unpaired) electrons. The SMILES string of the molecule is Cc1cn2cc(-c3ncc4nc(N(C)C5C[C@]6(C)CC[C@](C)(C5)N6)sc4n3)cc2c(C)n1. The summed E-state index contributed by atoms with van der Waals surface area (Å²) < 4.78 is 2.11. The van der Waals surface area contributed by atoms with Crippen molar-refractivity contribution >= 4 is 32.3 Å². The Kier molecular flexibility index (Phi) is 4.21. The molecule has 4 aromatic heterocycles. The van der Waals surface area contributed by atoms with Gasteiger partial charge in [0.2, 0.25) is 0 Å². The molecule has 8 heteroatoms. The molecule has 2 fully saturated rings. The summed E-state index contributed by atoms with van der Waals surface area (Å²) in [5.74, 6) is 0.732. The second kappa shape index (κ2) is 6.71. The van der Waals surface area contributed by atoms with Gasteiger partial charge in [-0.1, -0.05) is 11.3 Å². The quantitative estimate of drug-likeness (QED) is 0.498. The Labute approximate surface area is 191 Å². The van der Waals surface area contributed by atoms with Gasteiger partial charge in [0.1, 0.15) is 10.3 Å². The first-order chi connectivity index (χ1) is 15.2. The average Bonchev–Trinajstić information content (AvgIpc) is 3.40. The van der Waals surface area contributed by atoms with Gasteiger partial charge in [-0.05, 0) is 59.4 Å². The molecule has 0 spiro atoms. The number of nitrogens with one attached hydrogen (secondary N) is 1. The summed E-state index contributed by atoms with van der Waals surface area (Å²) in [5.41, 5.74) is 5.43. The van der Waals surface area contributed by atoms with Crippen LogP contribution in [0.3, 0.4) is 0 Å². The van der Waals surface area contributed by atoms with Gasteiger partial charge >= 0.3 is 0 Å². The molecular formula is C24H29N7S. The lowest BCUT2D eigenvalue weighted by atomic mass is 9.84. The molecule has 1 unspecified atom stereocenters. The normalized spacial score (nSPS) is 27.5. The highest BCUT2D eigenvalue weighted by Crippen LogP contribution is 2.44. The van der Waals surface area contributed by atoms with Crippen molar-refractivity contribution in [2.75, 3.05) is 11.9 Å². The number of aromatic nitrogens is 5. The summed E-state index contributed by atoms with van der Waals surface area (Å²) in [6, 6.07) is 2.60. The predicted molar refractivity (Wildman–Crippen MR) is 129 cm³/mol. The molecule has 2 aliphatic rings. The first-order valence-electron chi connectivity index (χ1n) is 11.3. The van der Waals surface area contributed by atoms with Crippen LogP contribution in [0, 0.1) is 13.8 Å². The molecule has 3 atom stereocenters. The van der Waals surface area contributed by atoms with Gasteiger partial charge in [-0.3, -0.25) is 4.98 Å². The maximum absolute atomic E-state index is 4.89. The van der Waals surface area contributed by atoms with E-state index in [0.29, 0.717) is 6.04 Å². The minimum absolute atomic E-state index is 0.235. The summed E-state index contributed by atoms with van der Waals surface area (Å²) in [6.07, 6.45) is 10.8. The van der Waals surface area contributed by atoms with E-state index in [0.717, 1.165) is 56.6 Å². The smallest absolute Gasteiger partial charge is 0.187 e. The summed E-state index contributed by atoms with van der Waals surface area (Å²) in [6.45, 7) is 8.79. The van der Waals surface area contributed by atoms with E-state index in [-0.39, 0.29) is 11.1 Å². The van der Waals surface area contributed by atoms with Gasteiger partial charge in [-0.25, -0.2) is 15.0 Å². The third kappa shape index (κ3) is 3.19. The molecule has 7 nitrogen and oxygen atoms in total. The van der Waals surface area contributed by atoms with Gasteiger partial charge in [0.25, 0.3) is 0 Å².